The minimum Gasteiger partial charge on any atom is -0.255 e. The molecule has 0 aliphatic heterocycles. The van der Waals surface area contributed by atoms with E-state index in [0.29, 0.717) is 10.2 Å². The SMILES string of the molecule is FC(F)(F)c1cc(C(F)(F)F)n(Cc2ccccc2)n1. The Morgan fingerprint density at radius 3 is 2.00 bits per heavy atom. The predicted molar refractivity (Wildman–Crippen MR) is 57.8 cm³/mol. The molecule has 2 rings (SSSR count). The van der Waals surface area contributed by atoms with Gasteiger partial charge in [0.1, 0.15) is 5.69 Å². The van der Waals surface area contributed by atoms with Crippen LogP contribution < -0.4 is 0 Å². The number of nitrogens with zero attached hydrogens (tertiary/aromatic N) is 2. The van der Waals surface area contributed by atoms with Crippen LogP contribution in [0.15, 0.2) is 36.4 Å². The number of benzene rings is 1. The summed E-state index contributed by atoms with van der Waals surface area (Å²) in [7, 11) is 0. The van der Waals surface area contributed by atoms with Crippen molar-refractivity contribution in [1.29, 1.82) is 0 Å². The monoisotopic (exact) mass is 294 g/mol. The third kappa shape index (κ3) is 3.12. The number of alkyl halides is 6. The van der Waals surface area contributed by atoms with Crippen molar-refractivity contribution < 1.29 is 26.3 Å². The Labute approximate surface area is 109 Å². The number of rotatable bonds is 2. The molecule has 0 aliphatic rings. The molecule has 0 spiro atoms. The second kappa shape index (κ2) is 4.84. The summed E-state index contributed by atoms with van der Waals surface area (Å²) in [5.74, 6) is 0. The van der Waals surface area contributed by atoms with Gasteiger partial charge in [-0.3, -0.25) is 4.68 Å². The lowest BCUT2D eigenvalue weighted by Gasteiger charge is -2.10. The van der Waals surface area contributed by atoms with E-state index in [-0.39, 0.29) is 12.6 Å². The summed E-state index contributed by atoms with van der Waals surface area (Å²) >= 11 is 0. The molecular weight excluding hydrogens is 286 g/mol. The molecule has 0 saturated heterocycles. The number of hydrogen-bond donors (Lipinski definition) is 0. The van der Waals surface area contributed by atoms with Crippen molar-refractivity contribution in [3.63, 3.8) is 0 Å². The molecule has 0 atom stereocenters. The lowest BCUT2D eigenvalue weighted by Crippen LogP contribution is -2.15. The van der Waals surface area contributed by atoms with Crippen LogP contribution in [0.2, 0.25) is 0 Å². The largest absolute Gasteiger partial charge is 0.435 e. The van der Waals surface area contributed by atoms with Gasteiger partial charge in [-0.25, -0.2) is 0 Å². The molecule has 0 saturated carbocycles. The maximum absolute atomic E-state index is 12.7. The van der Waals surface area contributed by atoms with Crippen LogP contribution in [0, 0.1) is 0 Å². The first-order valence-electron chi connectivity index (χ1n) is 5.44. The minimum atomic E-state index is -4.91. The first-order chi connectivity index (χ1) is 9.18. The summed E-state index contributed by atoms with van der Waals surface area (Å²) < 4.78 is 75.9. The maximum atomic E-state index is 12.7. The van der Waals surface area contributed by atoms with Crippen molar-refractivity contribution in [1.82, 2.24) is 9.78 Å². The molecule has 1 aromatic heterocycles. The second-order valence-corrected chi connectivity index (χ2v) is 4.05. The van der Waals surface area contributed by atoms with Crippen molar-refractivity contribution >= 4 is 0 Å². The normalized spacial score (nSPS) is 12.7. The highest BCUT2D eigenvalue weighted by molar-refractivity contribution is 5.20. The topological polar surface area (TPSA) is 17.8 Å². The summed E-state index contributed by atoms with van der Waals surface area (Å²) in [5.41, 5.74) is -2.55. The lowest BCUT2D eigenvalue weighted by molar-refractivity contribution is -0.144. The summed E-state index contributed by atoms with van der Waals surface area (Å²) in [6, 6.07) is 7.85. The Morgan fingerprint density at radius 1 is 0.900 bits per heavy atom. The van der Waals surface area contributed by atoms with E-state index in [4.69, 9.17) is 0 Å². The first-order valence-corrected chi connectivity index (χ1v) is 5.44. The predicted octanol–water partition coefficient (Wildman–Crippen LogP) is 3.97. The molecular formula is C12H8F6N2. The maximum Gasteiger partial charge on any atom is 0.435 e. The zero-order chi connectivity index (χ0) is 15.0. The molecule has 0 bridgehead atoms. The first kappa shape index (κ1) is 14.4. The van der Waals surface area contributed by atoms with Gasteiger partial charge in [0, 0.05) is 6.07 Å². The standard InChI is InChI=1S/C12H8F6N2/c13-11(14,15)9-6-10(12(16,17)18)20(19-9)7-8-4-2-1-3-5-8/h1-6H,7H2. The van der Waals surface area contributed by atoms with Gasteiger partial charge in [-0.05, 0) is 5.56 Å². The molecule has 2 aromatic rings. The molecule has 0 radical (unpaired) electrons. The fraction of sp³-hybridized carbons (Fsp3) is 0.250. The molecule has 0 unspecified atom stereocenters. The van der Waals surface area contributed by atoms with Crippen LogP contribution in [0.3, 0.4) is 0 Å². The fourth-order valence-corrected chi connectivity index (χ4v) is 1.66. The number of hydrogen-bond acceptors (Lipinski definition) is 1. The third-order valence-corrected chi connectivity index (χ3v) is 2.54. The summed E-state index contributed by atoms with van der Waals surface area (Å²) in [6.45, 7) is -0.383. The van der Waals surface area contributed by atoms with Crippen LogP contribution in [0.5, 0.6) is 0 Å². The molecule has 108 valence electrons. The molecule has 0 aliphatic carbocycles. The van der Waals surface area contributed by atoms with Crippen LogP contribution in [-0.4, -0.2) is 9.78 Å². The highest BCUT2D eigenvalue weighted by atomic mass is 19.4. The van der Waals surface area contributed by atoms with Gasteiger partial charge in [-0.15, -0.1) is 0 Å². The van der Waals surface area contributed by atoms with Crippen molar-refractivity contribution in [2.24, 2.45) is 0 Å². The van der Waals surface area contributed by atoms with Crippen molar-refractivity contribution in [2.75, 3.05) is 0 Å². The van der Waals surface area contributed by atoms with E-state index in [2.05, 4.69) is 5.10 Å². The van der Waals surface area contributed by atoms with E-state index < -0.39 is 23.7 Å². The molecule has 0 fully saturated rings. The van der Waals surface area contributed by atoms with E-state index >= 15 is 0 Å². The Balaban J connectivity index is 2.43. The molecule has 0 amide bonds. The highest BCUT2D eigenvalue weighted by Gasteiger charge is 2.41. The van der Waals surface area contributed by atoms with E-state index in [1.165, 1.54) is 12.1 Å². The number of aromatic nitrogens is 2. The summed E-state index contributed by atoms with van der Waals surface area (Å²) in [6.07, 6.45) is -9.81. The van der Waals surface area contributed by atoms with E-state index in [1.807, 2.05) is 0 Å². The summed E-state index contributed by atoms with van der Waals surface area (Å²) in [5, 5.41) is 3.01. The van der Waals surface area contributed by atoms with Crippen LogP contribution in [0.1, 0.15) is 17.0 Å². The summed E-state index contributed by atoms with van der Waals surface area (Å²) in [4.78, 5) is 0. The van der Waals surface area contributed by atoms with E-state index in [1.54, 1.807) is 18.2 Å². The van der Waals surface area contributed by atoms with Gasteiger partial charge >= 0.3 is 12.4 Å². The average molecular weight is 294 g/mol. The second-order valence-electron chi connectivity index (χ2n) is 4.05. The molecule has 0 N–H and O–H groups in total. The van der Waals surface area contributed by atoms with Gasteiger partial charge in [0.2, 0.25) is 0 Å². The molecule has 20 heavy (non-hydrogen) atoms. The average Bonchev–Trinajstić information content (AvgIpc) is 2.74. The Bertz CT molecular complexity index is 582. The molecule has 1 aromatic carbocycles. The number of halogens is 6. The lowest BCUT2D eigenvalue weighted by atomic mass is 10.2. The van der Waals surface area contributed by atoms with Gasteiger partial charge in [0.15, 0.2) is 5.69 Å². The van der Waals surface area contributed by atoms with Gasteiger partial charge < -0.3 is 0 Å². The quantitative estimate of drug-likeness (QED) is 0.766. The Hall–Kier alpha value is -1.99. The zero-order valence-electron chi connectivity index (χ0n) is 9.83. The highest BCUT2D eigenvalue weighted by Crippen LogP contribution is 2.35. The smallest absolute Gasteiger partial charge is 0.255 e. The Kier molecular flexibility index (Phi) is 3.49. The zero-order valence-corrected chi connectivity index (χ0v) is 9.83. The Morgan fingerprint density at radius 2 is 1.50 bits per heavy atom. The molecule has 1 heterocycles. The van der Waals surface area contributed by atoms with Gasteiger partial charge in [0.05, 0.1) is 6.54 Å². The fourth-order valence-electron chi connectivity index (χ4n) is 1.66. The van der Waals surface area contributed by atoms with Crippen LogP contribution in [-0.2, 0) is 18.9 Å². The van der Waals surface area contributed by atoms with Crippen LogP contribution in [0.4, 0.5) is 26.3 Å². The van der Waals surface area contributed by atoms with Gasteiger partial charge in [-0.2, -0.15) is 31.4 Å². The van der Waals surface area contributed by atoms with Crippen molar-refractivity contribution in [3.05, 3.63) is 53.3 Å². The molecule has 8 heteroatoms. The third-order valence-electron chi connectivity index (χ3n) is 2.54. The minimum absolute atomic E-state index is 0.0168. The van der Waals surface area contributed by atoms with Crippen LogP contribution >= 0.6 is 0 Å². The van der Waals surface area contributed by atoms with E-state index in [9.17, 15) is 26.3 Å². The van der Waals surface area contributed by atoms with Gasteiger partial charge in [-0.1, -0.05) is 30.3 Å². The molecule has 2 nitrogen and oxygen atoms in total. The van der Waals surface area contributed by atoms with Crippen molar-refractivity contribution in [2.45, 2.75) is 18.9 Å². The van der Waals surface area contributed by atoms with Gasteiger partial charge in [0.25, 0.3) is 0 Å². The van der Waals surface area contributed by atoms with Crippen molar-refractivity contribution in [3.8, 4) is 0 Å². The van der Waals surface area contributed by atoms with Crippen LogP contribution in [0.25, 0.3) is 0 Å². The van der Waals surface area contributed by atoms with E-state index in [0.717, 1.165) is 0 Å².